The molecule has 0 aliphatic rings. The van der Waals surface area contributed by atoms with Crippen molar-refractivity contribution in [1.29, 1.82) is 0 Å². The Morgan fingerprint density at radius 3 is 2.50 bits per heavy atom. The first-order chi connectivity index (χ1) is 8.78. The second-order valence-electron chi connectivity index (χ2n) is 4.27. The Labute approximate surface area is 107 Å². The molecule has 0 fully saturated rings. The molecule has 2 nitrogen and oxygen atoms in total. The van der Waals surface area contributed by atoms with Crippen LogP contribution in [0.4, 0.5) is 0 Å². The lowest BCUT2D eigenvalue weighted by Crippen LogP contribution is -1.88. The molecule has 0 saturated heterocycles. The minimum Gasteiger partial charge on any atom is -0.457 e. The summed E-state index contributed by atoms with van der Waals surface area (Å²) in [5, 5.41) is 0. The van der Waals surface area contributed by atoms with Gasteiger partial charge in [0, 0.05) is 6.42 Å². The van der Waals surface area contributed by atoms with Gasteiger partial charge in [0.25, 0.3) is 0 Å². The van der Waals surface area contributed by atoms with E-state index in [1.54, 1.807) is 0 Å². The summed E-state index contributed by atoms with van der Waals surface area (Å²) in [4.78, 5) is 10.3. The van der Waals surface area contributed by atoms with Gasteiger partial charge >= 0.3 is 0 Å². The molecule has 0 heterocycles. The lowest BCUT2D eigenvalue weighted by Gasteiger charge is -2.07. The molecular formula is C16H16O2. The van der Waals surface area contributed by atoms with E-state index in [4.69, 9.17) is 4.74 Å². The van der Waals surface area contributed by atoms with Gasteiger partial charge in [0.15, 0.2) is 0 Å². The van der Waals surface area contributed by atoms with Crippen LogP contribution >= 0.6 is 0 Å². The van der Waals surface area contributed by atoms with Gasteiger partial charge < -0.3 is 9.53 Å². The molecule has 0 bridgehead atoms. The molecule has 2 aromatic rings. The quantitative estimate of drug-likeness (QED) is 0.740. The third kappa shape index (κ3) is 3.45. The average molecular weight is 240 g/mol. The summed E-state index contributed by atoms with van der Waals surface area (Å²) in [5.74, 6) is 1.66. The molecule has 2 aromatic carbocycles. The lowest BCUT2D eigenvalue weighted by molar-refractivity contribution is -0.107. The Balaban J connectivity index is 2.04. The third-order valence-corrected chi connectivity index (χ3v) is 2.70. The van der Waals surface area contributed by atoms with E-state index in [1.807, 2.05) is 55.5 Å². The van der Waals surface area contributed by atoms with Crippen molar-refractivity contribution in [3.63, 3.8) is 0 Å². The predicted octanol–water partition coefficient (Wildman–Crippen LogP) is 3.92. The van der Waals surface area contributed by atoms with Crippen LogP contribution in [0.2, 0.25) is 0 Å². The highest BCUT2D eigenvalue weighted by Crippen LogP contribution is 2.22. The van der Waals surface area contributed by atoms with Gasteiger partial charge in [-0.3, -0.25) is 0 Å². The molecule has 0 saturated carbocycles. The fraction of sp³-hybridized carbons (Fsp3) is 0.188. The molecule has 92 valence electrons. The minimum atomic E-state index is 0.568. The van der Waals surface area contributed by atoms with Crippen LogP contribution in [0, 0.1) is 6.92 Å². The molecule has 0 radical (unpaired) electrons. The van der Waals surface area contributed by atoms with Gasteiger partial charge in [0.1, 0.15) is 17.8 Å². The van der Waals surface area contributed by atoms with Crippen LogP contribution < -0.4 is 4.74 Å². The van der Waals surface area contributed by atoms with Crippen LogP contribution in [0.15, 0.2) is 48.5 Å². The summed E-state index contributed by atoms with van der Waals surface area (Å²) in [6.07, 6.45) is 2.30. The maximum Gasteiger partial charge on any atom is 0.127 e. The third-order valence-electron chi connectivity index (χ3n) is 2.70. The summed E-state index contributed by atoms with van der Waals surface area (Å²) < 4.78 is 5.75. The van der Waals surface area contributed by atoms with Crippen molar-refractivity contribution < 1.29 is 9.53 Å². The Bertz CT molecular complexity index is 515. The van der Waals surface area contributed by atoms with Crippen LogP contribution in [0.3, 0.4) is 0 Å². The number of carbonyl (C=O) groups excluding carboxylic acids is 1. The fourth-order valence-corrected chi connectivity index (χ4v) is 1.76. The molecule has 0 unspecified atom stereocenters. The van der Waals surface area contributed by atoms with Crippen LogP contribution in [-0.4, -0.2) is 6.29 Å². The minimum absolute atomic E-state index is 0.568. The molecule has 0 aliphatic carbocycles. The van der Waals surface area contributed by atoms with Crippen molar-refractivity contribution in [3.8, 4) is 11.5 Å². The first-order valence-corrected chi connectivity index (χ1v) is 6.05. The Morgan fingerprint density at radius 1 is 1.06 bits per heavy atom. The van der Waals surface area contributed by atoms with E-state index in [1.165, 1.54) is 5.56 Å². The number of aldehydes is 1. The molecule has 18 heavy (non-hydrogen) atoms. The van der Waals surface area contributed by atoms with E-state index in [0.29, 0.717) is 6.42 Å². The number of hydrogen-bond acceptors (Lipinski definition) is 2. The van der Waals surface area contributed by atoms with Crippen LogP contribution in [0.25, 0.3) is 0 Å². The second kappa shape index (κ2) is 6.01. The molecular weight excluding hydrogens is 224 g/mol. The highest BCUT2D eigenvalue weighted by Gasteiger charge is 1.98. The number of rotatable bonds is 5. The normalized spacial score (nSPS) is 10.1. The SMILES string of the molecule is Cc1cccc(Oc2ccc(CCC=O)cc2)c1. The zero-order chi connectivity index (χ0) is 12.8. The summed E-state index contributed by atoms with van der Waals surface area (Å²) in [6.45, 7) is 2.04. The average Bonchev–Trinajstić information content (AvgIpc) is 2.38. The van der Waals surface area contributed by atoms with Gasteiger partial charge in [-0.1, -0.05) is 24.3 Å². The van der Waals surface area contributed by atoms with Crippen molar-refractivity contribution in [2.24, 2.45) is 0 Å². The largest absolute Gasteiger partial charge is 0.457 e. The number of hydrogen-bond donors (Lipinski definition) is 0. The summed E-state index contributed by atoms with van der Waals surface area (Å²) in [7, 11) is 0. The topological polar surface area (TPSA) is 26.3 Å². The zero-order valence-electron chi connectivity index (χ0n) is 10.4. The zero-order valence-corrected chi connectivity index (χ0v) is 10.4. The fourth-order valence-electron chi connectivity index (χ4n) is 1.76. The highest BCUT2D eigenvalue weighted by atomic mass is 16.5. The van der Waals surface area contributed by atoms with Gasteiger partial charge in [-0.15, -0.1) is 0 Å². The number of benzene rings is 2. The Morgan fingerprint density at radius 2 is 1.83 bits per heavy atom. The van der Waals surface area contributed by atoms with Crippen molar-refractivity contribution in [2.75, 3.05) is 0 Å². The highest BCUT2D eigenvalue weighted by molar-refractivity contribution is 5.50. The summed E-state index contributed by atoms with van der Waals surface area (Å²) >= 11 is 0. The molecule has 2 rings (SSSR count). The number of aryl methyl sites for hydroxylation is 2. The molecule has 0 aromatic heterocycles. The van der Waals surface area contributed by atoms with Crippen LogP contribution in [0.5, 0.6) is 11.5 Å². The van der Waals surface area contributed by atoms with E-state index >= 15 is 0 Å². The molecule has 0 aliphatic heterocycles. The van der Waals surface area contributed by atoms with Crippen molar-refractivity contribution in [2.45, 2.75) is 19.8 Å². The Kier molecular flexibility index (Phi) is 4.13. The summed E-state index contributed by atoms with van der Waals surface area (Å²) in [6, 6.07) is 15.8. The monoisotopic (exact) mass is 240 g/mol. The molecule has 0 N–H and O–H groups in total. The molecule has 0 amide bonds. The summed E-state index contributed by atoms with van der Waals surface area (Å²) in [5.41, 5.74) is 2.33. The van der Waals surface area contributed by atoms with Gasteiger partial charge in [-0.05, 0) is 48.7 Å². The van der Waals surface area contributed by atoms with E-state index in [-0.39, 0.29) is 0 Å². The maximum atomic E-state index is 10.3. The van der Waals surface area contributed by atoms with Crippen LogP contribution in [-0.2, 0) is 11.2 Å². The Hall–Kier alpha value is -2.09. The number of ether oxygens (including phenoxy) is 1. The standard InChI is InChI=1S/C16H16O2/c1-13-4-2-6-16(12-13)18-15-9-7-14(8-10-15)5-3-11-17/h2,4,6-12H,3,5H2,1H3. The first-order valence-electron chi connectivity index (χ1n) is 6.05. The smallest absolute Gasteiger partial charge is 0.127 e. The maximum absolute atomic E-state index is 10.3. The lowest BCUT2D eigenvalue weighted by atomic mass is 10.1. The van der Waals surface area contributed by atoms with E-state index in [9.17, 15) is 4.79 Å². The van der Waals surface area contributed by atoms with E-state index in [2.05, 4.69) is 0 Å². The van der Waals surface area contributed by atoms with Gasteiger partial charge in [0.05, 0.1) is 0 Å². The molecule has 0 spiro atoms. The van der Waals surface area contributed by atoms with Crippen LogP contribution in [0.1, 0.15) is 17.5 Å². The molecule has 0 atom stereocenters. The predicted molar refractivity (Wildman–Crippen MR) is 72.1 cm³/mol. The number of carbonyl (C=O) groups is 1. The van der Waals surface area contributed by atoms with Crippen molar-refractivity contribution in [3.05, 3.63) is 59.7 Å². The second-order valence-corrected chi connectivity index (χ2v) is 4.27. The van der Waals surface area contributed by atoms with E-state index < -0.39 is 0 Å². The van der Waals surface area contributed by atoms with Gasteiger partial charge in [-0.25, -0.2) is 0 Å². The van der Waals surface area contributed by atoms with Gasteiger partial charge in [-0.2, -0.15) is 0 Å². The molecule has 2 heteroatoms. The van der Waals surface area contributed by atoms with Crippen molar-refractivity contribution >= 4 is 6.29 Å². The van der Waals surface area contributed by atoms with Crippen molar-refractivity contribution in [1.82, 2.24) is 0 Å². The first kappa shape index (κ1) is 12.4. The van der Waals surface area contributed by atoms with Gasteiger partial charge in [0.2, 0.25) is 0 Å². The van der Waals surface area contributed by atoms with E-state index in [0.717, 1.165) is 29.8 Å².